The summed E-state index contributed by atoms with van der Waals surface area (Å²) in [4.78, 5) is 16.4. The minimum absolute atomic E-state index is 0.145. The monoisotopic (exact) mass is 268 g/mol. The Morgan fingerprint density at radius 2 is 1.84 bits per heavy atom. The van der Waals surface area contributed by atoms with Crippen LogP contribution in [-0.2, 0) is 4.74 Å². The lowest BCUT2D eigenvalue weighted by atomic mass is 10.1. The first-order chi connectivity index (χ1) is 8.94. The van der Waals surface area contributed by atoms with Crippen LogP contribution in [0, 0.1) is 5.92 Å². The van der Waals surface area contributed by atoms with Crippen molar-refractivity contribution in [3.05, 3.63) is 0 Å². The Balaban J connectivity index is 1.74. The second kappa shape index (κ2) is 6.12. The summed E-state index contributed by atoms with van der Waals surface area (Å²) in [6.45, 7) is 11.1. The van der Waals surface area contributed by atoms with Gasteiger partial charge in [-0.3, -0.25) is 0 Å². The Hall–Kier alpha value is -0.770. The molecule has 0 aromatic heterocycles. The Kier molecular flexibility index (Phi) is 4.71. The summed E-state index contributed by atoms with van der Waals surface area (Å²) in [7, 11) is 0. The van der Waals surface area contributed by atoms with Crippen LogP contribution >= 0.6 is 0 Å². The van der Waals surface area contributed by atoms with Gasteiger partial charge in [0, 0.05) is 19.6 Å². The maximum Gasteiger partial charge on any atom is 0.410 e. The van der Waals surface area contributed by atoms with Gasteiger partial charge in [-0.2, -0.15) is 0 Å². The molecule has 4 heteroatoms. The lowest BCUT2D eigenvalue weighted by Gasteiger charge is -2.29. The summed E-state index contributed by atoms with van der Waals surface area (Å²) in [5.41, 5.74) is -0.387. The SMILES string of the molecule is CC(C)(C)OC(=O)N1CCC(CN2CCCCC2)C1. The highest BCUT2D eigenvalue weighted by atomic mass is 16.6. The molecule has 0 bridgehead atoms. The van der Waals surface area contributed by atoms with Crippen molar-refractivity contribution in [3.8, 4) is 0 Å². The largest absolute Gasteiger partial charge is 0.444 e. The average Bonchev–Trinajstić information content (AvgIpc) is 2.77. The fraction of sp³-hybridized carbons (Fsp3) is 0.933. The first kappa shape index (κ1) is 14.6. The van der Waals surface area contributed by atoms with E-state index in [0.717, 1.165) is 26.1 Å². The lowest BCUT2D eigenvalue weighted by molar-refractivity contribution is 0.0284. The van der Waals surface area contributed by atoms with E-state index in [-0.39, 0.29) is 11.7 Å². The number of likely N-dealkylation sites (tertiary alicyclic amines) is 2. The van der Waals surface area contributed by atoms with Gasteiger partial charge < -0.3 is 14.5 Å². The zero-order valence-electron chi connectivity index (χ0n) is 12.7. The predicted molar refractivity (Wildman–Crippen MR) is 76.2 cm³/mol. The van der Waals surface area contributed by atoms with Crippen molar-refractivity contribution in [3.63, 3.8) is 0 Å². The maximum absolute atomic E-state index is 12.0. The van der Waals surface area contributed by atoms with E-state index in [1.807, 2.05) is 25.7 Å². The van der Waals surface area contributed by atoms with Crippen LogP contribution in [0.1, 0.15) is 46.5 Å². The molecule has 2 aliphatic rings. The standard InChI is InChI=1S/C15H28N2O2/c1-15(2,3)19-14(18)17-10-7-13(12-17)11-16-8-5-4-6-9-16/h13H,4-12H2,1-3H3. The summed E-state index contributed by atoms with van der Waals surface area (Å²) in [5.74, 6) is 0.630. The molecule has 1 atom stereocenters. The van der Waals surface area contributed by atoms with E-state index in [4.69, 9.17) is 4.74 Å². The molecule has 0 saturated carbocycles. The molecular weight excluding hydrogens is 240 g/mol. The highest BCUT2D eigenvalue weighted by Crippen LogP contribution is 2.21. The van der Waals surface area contributed by atoms with Crippen molar-refractivity contribution in [1.29, 1.82) is 0 Å². The minimum Gasteiger partial charge on any atom is -0.444 e. The van der Waals surface area contributed by atoms with E-state index in [2.05, 4.69) is 4.90 Å². The van der Waals surface area contributed by atoms with Gasteiger partial charge in [-0.1, -0.05) is 6.42 Å². The molecule has 2 saturated heterocycles. The normalized spacial score (nSPS) is 25.6. The minimum atomic E-state index is -0.387. The molecule has 2 heterocycles. The molecular formula is C15H28N2O2. The van der Waals surface area contributed by atoms with Crippen LogP contribution in [0.5, 0.6) is 0 Å². The van der Waals surface area contributed by atoms with Crippen molar-refractivity contribution in [2.75, 3.05) is 32.7 Å². The number of hydrogen-bond donors (Lipinski definition) is 0. The van der Waals surface area contributed by atoms with Crippen molar-refractivity contribution in [2.24, 2.45) is 5.92 Å². The van der Waals surface area contributed by atoms with Gasteiger partial charge in [0.15, 0.2) is 0 Å². The number of hydrogen-bond acceptors (Lipinski definition) is 3. The molecule has 1 unspecified atom stereocenters. The molecule has 4 nitrogen and oxygen atoms in total. The number of amides is 1. The second-order valence-electron chi connectivity index (χ2n) is 6.94. The second-order valence-corrected chi connectivity index (χ2v) is 6.94. The van der Waals surface area contributed by atoms with E-state index in [1.54, 1.807) is 0 Å². The van der Waals surface area contributed by atoms with Crippen LogP contribution in [-0.4, -0.2) is 54.2 Å². The topological polar surface area (TPSA) is 32.8 Å². The highest BCUT2D eigenvalue weighted by Gasteiger charge is 2.30. The Morgan fingerprint density at radius 3 is 2.47 bits per heavy atom. The number of piperidine rings is 1. The van der Waals surface area contributed by atoms with Crippen molar-refractivity contribution < 1.29 is 9.53 Å². The lowest BCUT2D eigenvalue weighted by Crippen LogP contribution is -2.37. The third-order valence-electron chi connectivity index (χ3n) is 3.90. The van der Waals surface area contributed by atoms with Crippen molar-refractivity contribution >= 4 is 6.09 Å². The number of carbonyl (C=O) groups is 1. The van der Waals surface area contributed by atoms with E-state index in [1.165, 1.54) is 32.4 Å². The zero-order chi connectivity index (χ0) is 13.9. The fourth-order valence-corrected chi connectivity index (χ4v) is 2.98. The quantitative estimate of drug-likeness (QED) is 0.772. The van der Waals surface area contributed by atoms with Gasteiger partial charge in [-0.25, -0.2) is 4.79 Å². The van der Waals surface area contributed by atoms with Gasteiger partial charge >= 0.3 is 6.09 Å². The van der Waals surface area contributed by atoms with Crippen molar-refractivity contribution in [2.45, 2.75) is 52.1 Å². The van der Waals surface area contributed by atoms with Crippen LogP contribution in [0.3, 0.4) is 0 Å². The van der Waals surface area contributed by atoms with E-state index < -0.39 is 0 Å². The average molecular weight is 268 g/mol. The van der Waals surface area contributed by atoms with Gasteiger partial charge in [0.05, 0.1) is 0 Å². The molecule has 2 rings (SSSR count). The smallest absolute Gasteiger partial charge is 0.410 e. The van der Waals surface area contributed by atoms with Gasteiger partial charge in [0.2, 0.25) is 0 Å². The van der Waals surface area contributed by atoms with Gasteiger partial charge in [-0.05, 0) is 59.0 Å². The van der Waals surface area contributed by atoms with Crippen LogP contribution in [0.15, 0.2) is 0 Å². The van der Waals surface area contributed by atoms with E-state index in [0.29, 0.717) is 5.92 Å². The summed E-state index contributed by atoms with van der Waals surface area (Å²) >= 11 is 0. The van der Waals surface area contributed by atoms with E-state index in [9.17, 15) is 4.79 Å². The molecule has 110 valence electrons. The summed E-state index contributed by atoms with van der Waals surface area (Å²) in [6.07, 6.45) is 5.03. The summed E-state index contributed by atoms with van der Waals surface area (Å²) < 4.78 is 5.43. The van der Waals surface area contributed by atoms with Gasteiger partial charge in [0.1, 0.15) is 5.60 Å². The molecule has 2 fully saturated rings. The van der Waals surface area contributed by atoms with Gasteiger partial charge in [0.25, 0.3) is 0 Å². The van der Waals surface area contributed by atoms with Crippen LogP contribution in [0.25, 0.3) is 0 Å². The molecule has 0 aromatic rings. The molecule has 2 aliphatic heterocycles. The highest BCUT2D eigenvalue weighted by molar-refractivity contribution is 5.68. The fourth-order valence-electron chi connectivity index (χ4n) is 2.98. The van der Waals surface area contributed by atoms with Crippen LogP contribution < -0.4 is 0 Å². The van der Waals surface area contributed by atoms with Gasteiger partial charge in [-0.15, -0.1) is 0 Å². The third-order valence-corrected chi connectivity index (χ3v) is 3.90. The molecule has 19 heavy (non-hydrogen) atoms. The Bertz CT molecular complexity index is 306. The molecule has 0 aromatic carbocycles. The molecule has 0 aliphatic carbocycles. The third kappa shape index (κ3) is 4.68. The summed E-state index contributed by atoms with van der Waals surface area (Å²) in [5, 5.41) is 0. The van der Waals surface area contributed by atoms with Crippen LogP contribution in [0.4, 0.5) is 4.79 Å². The number of rotatable bonds is 2. The predicted octanol–water partition coefficient (Wildman–Crippen LogP) is 2.73. The zero-order valence-corrected chi connectivity index (χ0v) is 12.7. The summed E-state index contributed by atoms with van der Waals surface area (Å²) in [6, 6.07) is 0. The molecule has 0 spiro atoms. The van der Waals surface area contributed by atoms with Crippen molar-refractivity contribution in [1.82, 2.24) is 9.80 Å². The number of ether oxygens (including phenoxy) is 1. The molecule has 1 amide bonds. The molecule has 0 N–H and O–H groups in total. The van der Waals surface area contributed by atoms with Crippen LogP contribution in [0.2, 0.25) is 0 Å². The number of nitrogens with zero attached hydrogens (tertiary/aromatic N) is 2. The maximum atomic E-state index is 12.0. The Morgan fingerprint density at radius 1 is 1.16 bits per heavy atom. The molecule has 0 radical (unpaired) electrons. The Labute approximate surface area is 117 Å². The number of carbonyl (C=O) groups excluding carboxylic acids is 1. The van der Waals surface area contributed by atoms with E-state index >= 15 is 0 Å². The first-order valence-corrected chi connectivity index (χ1v) is 7.64. The first-order valence-electron chi connectivity index (χ1n) is 7.64.